The van der Waals surface area contributed by atoms with Crippen molar-refractivity contribution in [2.45, 2.75) is 32.7 Å². The Kier molecular flexibility index (Phi) is 13.0. The molecule has 0 amide bonds. The summed E-state index contributed by atoms with van der Waals surface area (Å²) in [5, 5.41) is 3.30. The molecule has 136 valence electrons. The molecule has 1 aromatic rings. The van der Waals surface area contributed by atoms with Crippen LogP contribution in [0.2, 0.25) is 0 Å². The molecule has 0 spiro atoms. The number of nitrogens with zero attached hydrogens (tertiary/aromatic N) is 2. The molecular weight excluding hydrogens is 485 g/mol. The number of carbonyl (C=O) groups is 1. The van der Waals surface area contributed by atoms with Crippen LogP contribution in [-0.4, -0.2) is 44.1 Å². The Morgan fingerprint density at radius 3 is 2.54 bits per heavy atom. The number of nitrogens with one attached hydrogen (secondary N) is 1. The fraction of sp³-hybridized carbons (Fsp3) is 0.529. The standard InChI is InChI=1S/C17H26BrN3O2.HI/c1-4-19-17(20-12-6-5-7-16(22)23-3)21(2)13-14-8-10-15(18)11-9-14;/h8-11H,4-7,12-13H2,1-3H3,(H,19,20);1H. The molecule has 0 saturated carbocycles. The number of hydrogen-bond donors (Lipinski definition) is 1. The van der Waals surface area contributed by atoms with Crippen LogP contribution in [0.5, 0.6) is 0 Å². The predicted molar refractivity (Wildman–Crippen MR) is 113 cm³/mol. The minimum absolute atomic E-state index is 0. The van der Waals surface area contributed by atoms with Crippen LogP contribution in [0.15, 0.2) is 33.7 Å². The first-order valence-corrected chi connectivity index (χ1v) is 8.66. The van der Waals surface area contributed by atoms with Crippen molar-refractivity contribution in [3.63, 3.8) is 0 Å². The number of halogens is 2. The summed E-state index contributed by atoms with van der Waals surface area (Å²) >= 11 is 3.45. The van der Waals surface area contributed by atoms with E-state index in [1.807, 2.05) is 19.2 Å². The molecule has 1 aromatic carbocycles. The van der Waals surface area contributed by atoms with Gasteiger partial charge in [-0.2, -0.15) is 0 Å². The Morgan fingerprint density at radius 1 is 1.29 bits per heavy atom. The van der Waals surface area contributed by atoms with Crippen LogP contribution >= 0.6 is 39.9 Å². The zero-order valence-electron chi connectivity index (χ0n) is 14.5. The van der Waals surface area contributed by atoms with Crippen molar-refractivity contribution < 1.29 is 9.53 Å². The quantitative estimate of drug-likeness (QED) is 0.189. The Bertz CT molecular complexity index is 509. The zero-order chi connectivity index (χ0) is 17.1. The van der Waals surface area contributed by atoms with Crippen molar-refractivity contribution in [3.8, 4) is 0 Å². The van der Waals surface area contributed by atoms with E-state index >= 15 is 0 Å². The number of esters is 1. The normalized spacial score (nSPS) is 10.8. The maximum atomic E-state index is 11.1. The minimum Gasteiger partial charge on any atom is -0.469 e. The lowest BCUT2D eigenvalue weighted by atomic mass is 10.2. The molecule has 24 heavy (non-hydrogen) atoms. The van der Waals surface area contributed by atoms with Gasteiger partial charge in [-0.3, -0.25) is 9.79 Å². The molecule has 0 aliphatic rings. The summed E-state index contributed by atoms with van der Waals surface area (Å²) in [6.07, 6.45) is 2.12. The van der Waals surface area contributed by atoms with E-state index in [0.29, 0.717) is 13.0 Å². The van der Waals surface area contributed by atoms with E-state index in [2.05, 4.69) is 54.9 Å². The van der Waals surface area contributed by atoms with Crippen molar-refractivity contribution in [1.29, 1.82) is 0 Å². The highest BCUT2D eigenvalue weighted by molar-refractivity contribution is 14.0. The van der Waals surface area contributed by atoms with E-state index in [4.69, 9.17) is 0 Å². The molecular formula is C17H27BrIN3O2. The predicted octanol–water partition coefficient (Wildman–Crippen LogP) is 3.81. The summed E-state index contributed by atoms with van der Waals surface area (Å²) in [6.45, 7) is 4.37. The highest BCUT2D eigenvalue weighted by Gasteiger charge is 2.06. The molecule has 0 atom stereocenters. The number of hydrogen-bond acceptors (Lipinski definition) is 3. The van der Waals surface area contributed by atoms with Crippen molar-refractivity contribution in [2.24, 2.45) is 4.99 Å². The average molecular weight is 512 g/mol. The number of aliphatic imine (C=N–C) groups is 1. The van der Waals surface area contributed by atoms with E-state index < -0.39 is 0 Å². The van der Waals surface area contributed by atoms with E-state index in [0.717, 1.165) is 36.4 Å². The Labute approximate surface area is 170 Å². The molecule has 0 heterocycles. The van der Waals surface area contributed by atoms with Crippen LogP contribution in [0, 0.1) is 0 Å². The first-order chi connectivity index (χ1) is 11.1. The number of unbranched alkanes of at least 4 members (excludes halogenated alkanes) is 1. The lowest BCUT2D eigenvalue weighted by molar-refractivity contribution is -0.140. The lowest BCUT2D eigenvalue weighted by Gasteiger charge is -2.22. The molecule has 0 unspecified atom stereocenters. The Hall–Kier alpha value is -0.830. The highest BCUT2D eigenvalue weighted by atomic mass is 127. The van der Waals surface area contributed by atoms with Crippen LogP contribution in [0.1, 0.15) is 31.7 Å². The molecule has 0 saturated heterocycles. The van der Waals surface area contributed by atoms with E-state index in [1.165, 1.54) is 12.7 Å². The van der Waals surface area contributed by atoms with Gasteiger partial charge in [0.15, 0.2) is 5.96 Å². The molecule has 0 aliphatic carbocycles. The molecule has 0 fully saturated rings. The van der Waals surface area contributed by atoms with Gasteiger partial charge in [0.1, 0.15) is 0 Å². The monoisotopic (exact) mass is 511 g/mol. The van der Waals surface area contributed by atoms with Gasteiger partial charge in [-0.15, -0.1) is 24.0 Å². The summed E-state index contributed by atoms with van der Waals surface area (Å²) in [5.41, 5.74) is 1.23. The second kappa shape index (κ2) is 13.5. The van der Waals surface area contributed by atoms with Crippen molar-refractivity contribution in [1.82, 2.24) is 10.2 Å². The third-order valence-corrected chi connectivity index (χ3v) is 3.84. The number of ether oxygens (including phenoxy) is 1. The van der Waals surface area contributed by atoms with Crippen molar-refractivity contribution in [3.05, 3.63) is 34.3 Å². The molecule has 0 aliphatic heterocycles. The first-order valence-electron chi connectivity index (χ1n) is 7.87. The third-order valence-electron chi connectivity index (χ3n) is 3.31. The highest BCUT2D eigenvalue weighted by Crippen LogP contribution is 2.11. The van der Waals surface area contributed by atoms with E-state index in [1.54, 1.807) is 0 Å². The second-order valence-electron chi connectivity index (χ2n) is 5.25. The van der Waals surface area contributed by atoms with Gasteiger partial charge in [-0.25, -0.2) is 0 Å². The largest absolute Gasteiger partial charge is 0.469 e. The second-order valence-corrected chi connectivity index (χ2v) is 6.17. The van der Waals surface area contributed by atoms with Crippen LogP contribution in [0.4, 0.5) is 0 Å². The third kappa shape index (κ3) is 9.46. The van der Waals surface area contributed by atoms with Gasteiger partial charge < -0.3 is 15.0 Å². The van der Waals surface area contributed by atoms with Gasteiger partial charge in [-0.1, -0.05) is 28.1 Å². The molecule has 0 aromatic heterocycles. The summed E-state index contributed by atoms with van der Waals surface area (Å²) in [7, 11) is 3.44. The average Bonchev–Trinajstić information content (AvgIpc) is 2.55. The fourth-order valence-corrected chi connectivity index (χ4v) is 2.34. The van der Waals surface area contributed by atoms with Gasteiger partial charge in [0, 0.05) is 37.6 Å². The van der Waals surface area contributed by atoms with Crippen LogP contribution in [0.25, 0.3) is 0 Å². The lowest BCUT2D eigenvalue weighted by Crippen LogP contribution is -2.38. The Balaban J connectivity index is 0.00000529. The van der Waals surface area contributed by atoms with Gasteiger partial charge in [0.05, 0.1) is 7.11 Å². The molecule has 7 heteroatoms. The maximum Gasteiger partial charge on any atom is 0.305 e. The summed E-state index contributed by atoms with van der Waals surface area (Å²) in [4.78, 5) is 17.8. The SMILES string of the molecule is CCNC(=NCCCCC(=O)OC)N(C)Cc1ccc(Br)cc1.I. The van der Waals surface area contributed by atoms with E-state index in [-0.39, 0.29) is 29.9 Å². The summed E-state index contributed by atoms with van der Waals surface area (Å²) in [6, 6.07) is 8.28. The number of carbonyl (C=O) groups excluding carboxylic acids is 1. The van der Waals surface area contributed by atoms with Crippen LogP contribution < -0.4 is 5.32 Å². The van der Waals surface area contributed by atoms with Crippen LogP contribution in [0.3, 0.4) is 0 Å². The zero-order valence-corrected chi connectivity index (χ0v) is 18.5. The molecule has 1 N–H and O–H groups in total. The first kappa shape index (κ1) is 23.2. The van der Waals surface area contributed by atoms with Gasteiger partial charge in [0.2, 0.25) is 0 Å². The minimum atomic E-state index is -0.159. The maximum absolute atomic E-state index is 11.1. The Morgan fingerprint density at radius 2 is 1.96 bits per heavy atom. The molecule has 0 radical (unpaired) electrons. The van der Waals surface area contributed by atoms with Crippen LogP contribution in [-0.2, 0) is 16.1 Å². The fourth-order valence-electron chi connectivity index (χ4n) is 2.08. The van der Waals surface area contributed by atoms with Crippen molar-refractivity contribution >= 4 is 51.8 Å². The summed E-state index contributed by atoms with van der Waals surface area (Å²) in [5.74, 6) is 0.724. The van der Waals surface area contributed by atoms with Gasteiger partial charge in [-0.05, 0) is 37.5 Å². The number of benzene rings is 1. The summed E-state index contributed by atoms with van der Waals surface area (Å²) < 4.78 is 5.71. The van der Waals surface area contributed by atoms with Gasteiger partial charge >= 0.3 is 5.97 Å². The van der Waals surface area contributed by atoms with Gasteiger partial charge in [0.25, 0.3) is 0 Å². The number of rotatable bonds is 8. The van der Waals surface area contributed by atoms with E-state index in [9.17, 15) is 4.79 Å². The van der Waals surface area contributed by atoms with Crippen molar-refractivity contribution in [2.75, 3.05) is 27.2 Å². The molecule has 0 bridgehead atoms. The number of methoxy groups -OCH3 is 1. The molecule has 5 nitrogen and oxygen atoms in total. The molecule has 1 rings (SSSR count). The number of guanidine groups is 1. The smallest absolute Gasteiger partial charge is 0.305 e. The topological polar surface area (TPSA) is 53.9 Å².